The number of hydrogen-bond acceptors (Lipinski definition) is 4. The van der Waals surface area contributed by atoms with Crippen LogP contribution in [-0.4, -0.2) is 33.7 Å². The summed E-state index contributed by atoms with van der Waals surface area (Å²) in [7, 11) is 0. The molecule has 3 N–H and O–H groups in total. The second-order valence-corrected chi connectivity index (χ2v) is 6.34. The normalized spacial score (nSPS) is 12.1. The number of aromatic nitrogens is 2. The number of para-hydroxylation sites is 1. The van der Waals surface area contributed by atoms with E-state index < -0.39 is 6.04 Å². The van der Waals surface area contributed by atoms with Crippen molar-refractivity contribution in [2.75, 3.05) is 17.3 Å². The number of amides is 1. The zero-order valence-corrected chi connectivity index (χ0v) is 14.0. The first-order chi connectivity index (χ1) is 10.1. The number of carbonyl (C=O) groups excluding carboxylic acids is 1. The summed E-state index contributed by atoms with van der Waals surface area (Å²) in [4.78, 5) is 11.9. The van der Waals surface area contributed by atoms with E-state index in [2.05, 4.69) is 26.3 Å². The second-order valence-electron chi connectivity index (χ2n) is 4.50. The monoisotopic (exact) mass is 368 g/mol. The topological polar surface area (TPSA) is 72.9 Å². The Morgan fingerprint density at radius 1 is 1.52 bits per heavy atom. The molecule has 1 aromatic carbocycles. The molecule has 5 nitrogen and oxygen atoms in total. The fraction of sp³-hybridized carbons (Fsp3) is 0.286. The molecule has 1 amide bonds. The van der Waals surface area contributed by atoms with Crippen molar-refractivity contribution in [3.63, 3.8) is 0 Å². The highest BCUT2D eigenvalue weighted by Gasteiger charge is 2.14. The van der Waals surface area contributed by atoms with Crippen molar-refractivity contribution in [3.8, 4) is 5.69 Å². The van der Waals surface area contributed by atoms with Gasteiger partial charge in [-0.15, -0.1) is 0 Å². The predicted molar refractivity (Wildman–Crippen MR) is 90.9 cm³/mol. The molecule has 2 rings (SSSR count). The van der Waals surface area contributed by atoms with Crippen LogP contribution >= 0.6 is 27.7 Å². The van der Waals surface area contributed by atoms with Crippen LogP contribution in [0.3, 0.4) is 0 Å². The van der Waals surface area contributed by atoms with Crippen LogP contribution in [0.2, 0.25) is 0 Å². The summed E-state index contributed by atoms with van der Waals surface area (Å²) in [6.07, 6.45) is 6.02. The molecular formula is C14H17BrN4OS. The quantitative estimate of drug-likeness (QED) is 0.821. The van der Waals surface area contributed by atoms with E-state index >= 15 is 0 Å². The second kappa shape index (κ2) is 7.63. The van der Waals surface area contributed by atoms with Crippen molar-refractivity contribution in [2.24, 2.45) is 5.73 Å². The van der Waals surface area contributed by atoms with Gasteiger partial charge in [-0.05, 0) is 46.5 Å². The van der Waals surface area contributed by atoms with Crippen LogP contribution in [0.15, 0.2) is 41.1 Å². The maximum Gasteiger partial charge on any atom is 0.241 e. The number of anilines is 1. The van der Waals surface area contributed by atoms with Crippen molar-refractivity contribution in [2.45, 2.75) is 12.5 Å². The molecule has 1 atom stereocenters. The average molecular weight is 369 g/mol. The fourth-order valence-corrected chi connectivity index (χ4v) is 2.72. The lowest BCUT2D eigenvalue weighted by molar-refractivity contribution is -0.117. The molecule has 1 aromatic heterocycles. The van der Waals surface area contributed by atoms with E-state index in [1.807, 2.05) is 30.5 Å². The van der Waals surface area contributed by atoms with E-state index in [0.717, 1.165) is 15.9 Å². The number of carbonyl (C=O) groups is 1. The molecule has 0 spiro atoms. The minimum Gasteiger partial charge on any atom is -0.322 e. The van der Waals surface area contributed by atoms with Crippen LogP contribution in [0.1, 0.15) is 6.42 Å². The molecule has 0 radical (unpaired) electrons. The molecule has 1 heterocycles. The van der Waals surface area contributed by atoms with Gasteiger partial charge in [0.1, 0.15) is 0 Å². The summed E-state index contributed by atoms with van der Waals surface area (Å²) in [6.45, 7) is 0. The zero-order chi connectivity index (χ0) is 15.2. The molecule has 112 valence electrons. The van der Waals surface area contributed by atoms with Gasteiger partial charge in [-0.2, -0.15) is 16.9 Å². The summed E-state index contributed by atoms with van der Waals surface area (Å²) in [5.41, 5.74) is 7.37. The van der Waals surface area contributed by atoms with E-state index in [1.165, 1.54) is 0 Å². The van der Waals surface area contributed by atoms with E-state index in [0.29, 0.717) is 12.1 Å². The first kappa shape index (κ1) is 16.1. The Balaban J connectivity index is 2.04. The average Bonchev–Trinajstić information content (AvgIpc) is 2.93. The smallest absolute Gasteiger partial charge is 0.241 e. The maximum absolute atomic E-state index is 11.9. The Morgan fingerprint density at radius 2 is 2.29 bits per heavy atom. The van der Waals surface area contributed by atoms with Crippen molar-refractivity contribution < 1.29 is 4.79 Å². The Kier molecular flexibility index (Phi) is 5.84. The third-order valence-corrected chi connectivity index (χ3v) is 4.23. The first-order valence-electron chi connectivity index (χ1n) is 6.46. The molecule has 1 unspecified atom stereocenters. The van der Waals surface area contributed by atoms with E-state index in [9.17, 15) is 4.79 Å². The van der Waals surface area contributed by atoms with E-state index in [-0.39, 0.29) is 5.91 Å². The van der Waals surface area contributed by atoms with Gasteiger partial charge in [-0.25, -0.2) is 4.68 Å². The minimum atomic E-state index is -0.496. The van der Waals surface area contributed by atoms with Crippen molar-refractivity contribution in [3.05, 3.63) is 41.1 Å². The summed E-state index contributed by atoms with van der Waals surface area (Å²) in [6, 6.07) is 7.24. The Hall–Kier alpha value is -1.31. The molecule has 0 bridgehead atoms. The van der Waals surface area contributed by atoms with Gasteiger partial charge in [0, 0.05) is 4.47 Å². The Labute approximate surface area is 136 Å². The van der Waals surface area contributed by atoms with Crippen LogP contribution < -0.4 is 11.1 Å². The van der Waals surface area contributed by atoms with Gasteiger partial charge >= 0.3 is 0 Å². The van der Waals surface area contributed by atoms with Gasteiger partial charge in [0.15, 0.2) is 0 Å². The van der Waals surface area contributed by atoms with Crippen LogP contribution in [0.5, 0.6) is 0 Å². The number of benzene rings is 1. The van der Waals surface area contributed by atoms with Crippen molar-refractivity contribution in [1.82, 2.24) is 9.78 Å². The minimum absolute atomic E-state index is 0.185. The fourth-order valence-electron chi connectivity index (χ4n) is 1.77. The molecule has 7 heteroatoms. The van der Waals surface area contributed by atoms with E-state index in [4.69, 9.17) is 5.73 Å². The van der Waals surface area contributed by atoms with Gasteiger partial charge in [0.05, 0.1) is 29.8 Å². The highest BCUT2D eigenvalue weighted by Crippen LogP contribution is 2.21. The number of halogens is 1. The largest absolute Gasteiger partial charge is 0.322 e. The lowest BCUT2D eigenvalue weighted by Gasteiger charge is -2.10. The van der Waals surface area contributed by atoms with Crippen LogP contribution in [-0.2, 0) is 4.79 Å². The number of nitrogens with zero attached hydrogens (tertiary/aromatic N) is 2. The third-order valence-electron chi connectivity index (χ3n) is 2.92. The van der Waals surface area contributed by atoms with Crippen LogP contribution in [0.25, 0.3) is 5.69 Å². The summed E-state index contributed by atoms with van der Waals surface area (Å²) in [5.74, 6) is 0.681. The molecule has 0 aliphatic heterocycles. The standard InChI is InChI=1S/C14H17BrN4OS/c1-21-7-6-12(16)14(20)18-10-8-17-19(9-10)13-5-3-2-4-11(13)15/h2-5,8-9,12H,6-7,16H2,1H3,(H,18,20). The van der Waals surface area contributed by atoms with Gasteiger partial charge in [-0.1, -0.05) is 12.1 Å². The zero-order valence-electron chi connectivity index (χ0n) is 11.6. The Bertz CT molecular complexity index is 617. The molecule has 0 saturated carbocycles. The maximum atomic E-state index is 11.9. The predicted octanol–water partition coefficient (Wildman–Crippen LogP) is 2.65. The highest BCUT2D eigenvalue weighted by atomic mass is 79.9. The van der Waals surface area contributed by atoms with Gasteiger partial charge in [0.2, 0.25) is 5.91 Å². The van der Waals surface area contributed by atoms with E-state index in [1.54, 1.807) is 28.8 Å². The van der Waals surface area contributed by atoms with Crippen LogP contribution in [0.4, 0.5) is 5.69 Å². The summed E-state index contributed by atoms with van der Waals surface area (Å²) < 4.78 is 2.63. The Morgan fingerprint density at radius 3 is 3.00 bits per heavy atom. The molecule has 0 fully saturated rings. The molecule has 21 heavy (non-hydrogen) atoms. The number of thioether (sulfide) groups is 1. The number of nitrogens with one attached hydrogen (secondary N) is 1. The van der Waals surface area contributed by atoms with Gasteiger partial charge in [0.25, 0.3) is 0 Å². The van der Waals surface area contributed by atoms with Gasteiger partial charge in [-0.3, -0.25) is 4.79 Å². The SMILES string of the molecule is CSCCC(N)C(=O)Nc1cnn(-c2ccccc2Br)c1. The van der Waals surface area contributed by atoms with Crippen molar-refractivity contribution >= 4 is 39.3 Å². The number of rotatable bonds is 6. The summed E-state index contributed by atoms with van der Waals surface area (Å²) in [5, 5.41) is 7.04. The van der Waals surface area contributed by atoms with Crippen LogP contribution in [0, 0.1) is 0 Å². The number of nitrogens with two attached hydrogens (primary N) is 1. The van der Waals surface area contributed by atoms with Gasteiger partial charge < -0.3 is 11.1 Å². The molecule has 2 aromatic rings. The molecule has 0 saturated heterocycles. The third kappa shape index (κ3) is 4.33. The lowest BCUT2D eigenvalue weighted by Crippen LogP contribution is -2.35. The summed E-state index contributed by atoms with van der Waals surface area (Å²) >= 11 is 5.15. The lowest BCUT2D eigenvalue weighted by atomic mass is 10.2. The van der Waals surface area contributed by atoms with Crippen molar-refractivity contribution in [1.29, 1.82) is 0 Å². The number of hydrogen-bond donors (Lipinski definition) is 2. The first-order valence-corrected chi connectivity index (χ1v) is 8.65. The molecular weight excluding hydrogens is 352 g/mol. The molecule has 0 aliphatic carbocycles. The molecule has 0 aliphatic rings. The highest BCUT2D eigenvalue weighted by molar-refractivity contribution is 9.10.